The van der Waals surface area contributed by atoms with Gasteiger partial charge in [-0.3, -0.25) is 0 Å². The van der Waals surface area contributed by atoms with E-state index in [0.29, 0.717) is 11.7 Å². The Kier molecular flexibility index (Phi) is 3.35. The molecule has 2 heterocycles. The third-order valence-corrected chi connectivity index (χ3v) is 4.20. The van der Waals surface area contributed by atoms with Crippen LogP contribution in [-0.2, 0) is 16.7 Å². The Balaban J connectivity index is 1.59. The number of aromatic nitrogens is 2. The third-order valence-electron chi connectivity index (χ3n) is 4.20. The van der Waals surface area contributed by atoms with Crippen molar-refractivity contribution in [2.45, 2.75) is 50.5 Å². The third kappa shape index (κ3) is 2.42. The van der Waals surface area contributed by atoms with Gasteiger partial charge in [-0.2, -0.15) is 4.98 Å². The molecule has 1 unspecified atom stereocenters. The van der Waals surface area contributed by atoms with Crippen molar-refractivity contribution < 1.29 is 9.26 Å². The molecule has 1 atom stereocenters. The summed E-state index contributed by atoms with van der Waals surface area (Å²) in [6.07, 6.45) is 7.35. The lowest BCUT2D eigenvalue weighted by atomic mass is 9.98. The molecule has 0 radical (unpaired) electrons. The Labute approximate surface area is 107 Å². The molecule has 0 spiro atoms. The van der Waals surface area contributed by atoms with Crippen LogP contribution in [0.4, 0.5) is 0 Å². The SMILES string of the molecule is NC1(c2noc(CCC3CCOC3)n2)CCCC1. The largest absolute Gasteiger partial charge is 0.381 e. The molecule has 0 bridgehead atoms. The summed E-state index contributed by atoms with van der Waals surface area (Å²) >= 11 is 0. The van der Waals surface area contributed by atoms with Crippen LogP contribution in [0.1, 0.15) is 50.2 Å². The highest BCUT2D eigenvalue weighted by Gasteiger charge is 2.35. The number of nitrogens with two attached hydrogens (primary N) is 1. The van der Waals surface area contributed by atoms with Gasteiger partial charge in [0.05, 0.1) is 5.54 Å². The number of nitrogens with zero attached hydrogens (tertiary/aromatic N) is 2. The fourth-order valence-corrected chi connectivity index (χ4v) is 2.93. The molecular weight excluding hydrogens is 230 g/mol. The monoisotopic (exact) mass is 251 g/mol. The van der Waals surface area contributed by atoms with Crippen molar-refractivity contribution in [2.24, 2.45) is 11.7 Å². The van der Waals surface area contributed by atoms with Gasteiger partial charge in [-0.1, -0.05) is 18.0 Å². The van der Waals surface area contributed by atoms with E-state index in [-0.39, 0.29) is 5.54 Å². The van der Waals surface area contributed by atoms with Gasteiger partial charge in [0.25, 0.3) is 0 Å². The molecule has 1 saturated carbocycles. The lowest BCUT2D eigenvalue weighted by Gasteiger charge is -2.17. The molecule has 3 rings (SSSR count). The average molecular weight is 251 g/mol. The minimum Gasteiger partial charge on any atom is -0.381 e. The molecule has 5 nitrogen and oxygen atoms in total. The zero-order chi connectivity index (χ0) is 12.4. The molecule has 5 heteroatoms. The summed E-state index contributed by atoms with van der Waals surface area (Å²) in [6.45, 7) is 1.77. The van der Waals surface area contributed by atoms with Gasteiger partial charge in [-0.25, -0.2) is 0 Å². The highest BCUT2D eigenvalue weighted by molar-refractivity contribution is 5.06. The fraction of sp³-hybridized carbons (Fsp3) is 0.846. The van der Waals surface area contributed by atoms with E-state index in [9.17, 15) is 0 Å². The molecule has 0 aromatic carbocycles. The van der Waals surface area contributed by atoms with Gasteiger partial charge in [-0.05, 0) is 31.6 Å². The molecular formula is C13H21N3O2. The maximum Gasteiger partial charge on any atom is 0.226 e. The summed E-state index contributed by atoms with van der Waals surface area (Å²) in [5.41, 5.74) is 5.97. The van der Waals surface area contributed by atoms with Crippen LogP contribution in [0.2, 0.25) is 0 Å². The van der Waals surface area contributed by atoms with Gasteiger partial charge in [0.2, 0.25) is 5.89 Å². The van der Waals surface area contributed by atoms with E-state index < -0.39 is 0 Å². The molecule has 1 saturated heterocycles. The van der Waals surface area contributed by atoms with Crippen LogP contribution in [0.5, 0.6) is 0 Å². The Morgan fingerprint density at radius 1 is 1.33 bits per heavy atom. The van der Waals surface area contributed by atoms with Crippen LogP contribution >= 0.6 is 0 Å². The van der Waals surface area contributed by atoms with Crippen LogP contribution in [0.25, 0.3) is 0 Å². The Hall–Kier alpha value is -0.940. The summed E-state index contributed by atoms with van der Waals surface area (Å²) in [6, 6.07) is 0. The number of hydrogen-bond acceptors (Lipinski definition) is 5. The van der Waals surface area contributed by atoms with Gasteiger partial charge < -0.3 is 15.0 Å². The Morgan fingerprint density at radius 3 is 2.89 bits per heavy atom. The summed E-state index contributed by atoms with van der Waals surface area (Å²) in [4.78, 5) is 4.48. The van der Waals surface area contributed by atoms with Crippen LogP contribution in [0.3, 0.4) is 0 Å². The molecule has 1 aromatic heterocycles. The Morgan fingerprint density at radius 2 is 2.17 bits per heavy atom. The topological polar surface area (TPSA) is 74.2 Å². The predicted molar refractivity (Wildman–Crippen MR) is 65.9 cm³/mol. The summed E-state index contributed by atoms with van der Waals surface area (Å²) in [5.74, 6) is 2.09. The maximum absolute atomic E-state index is 6.31. The van der Waals surface area contributed by atoms with Gasteiger partial charge in [-0.15, -0.1) is 0 Å². The molecule has 1 aromatic rings. The van der Waals surface area contributed by atoms with Gasteiger partial charge >= 0.3 is 0 Å². The highest BCUT2D eigenvalue weighted by atomic mass is 16.5. The second kappa shape index (κ2) is 4.97. The first kappa shape index (κ1) is 12.1. The zero-order valence-corrected chi connectivity index (χ0v) is 10.7. The standard InChI is InChI=1S/C13H21N3O2/c14-13(6-1-2-7-13)12-15-11(18-16-12)4-3-10-5-8-17-9-10/h10H,1-9,14H2. The van der Waals surface area contributed by atoms with E-state index in [1.807, 2.05) is 0 Å². The molecule has 100 valence electrons. The number of rotatable bonds is 4. The van der Waals surface area contributed by atoms with Crippen molar-refractivity contribution in [1.82, 2.24) is 10.1 Å². The molecule has 1 aliphatic carbocycles. The average Bonchev–Trinajstić information content (AvgIpc) is 3.08. The van der Waals surface area contributed by atoms with Crippen molar-refractivity contribution >= 4 is 0 Å². The van der Waals surface area contributed by atoms with Crippen LogP contribution in [-0.4, -0.2) is 23.4 Å². The van der Waals surface area contributed by atoms with E-state index in [1.165, 1.54) is 12.8 Å². The van der Waals surface area contributed by atoms with Gasteiger partial charge in [0, 0.05) is 19.6 Å². The van der Waals surface area contributed by atoms with Crippen molar-refractivity contribution in [1.29, 1.82) is 0 Å². The zero-order valence-electron chi connectivity index (χ0n) is 10.7. The second-order valence-electron chi connectivity index (χ2n) is 5.64. The van der Waals surface area contributed by atoms with E-state index >= 15 is 0 Å². The van der Waals surface area contributed by atoms with Gasteiger partial charge in [0.1, 0.15) is 0 Å². The van der Waals surface area contributed by atoms with Crippen LogP contribution in [0, 0.1) is 5.92 Å². The molecule has 18 heavy (non-hydrogen) atoms. The first-order valence-electron chi connectivity index (χ1n) is 6.96. The van der Waals surface area contributed by atoms with E-state index in [1.54, 1.807) is 0 Å². The summed E-state index contributed by atoms with van der Waals surface area (Å²) in [5, 5.41) is 4.07. The molecule has 1 aliphatic heterocycles. The fourth-order valence-electron chi connectivity index (χ4n) is 2.93. The van der Waals surface area contributed by atoms with E-state index in [4.69, 9.17) is 15.0 Å². The predicted octanol–water partition coefficient (Wildman–Crippen LogP) is 1.77. The Bertz CT molecular complexity index is 393. The smallest absolute Gasteiger partial charge is 0.226 e. The second-order valence-corrected chi connectivity index (χ2v) is 5.64. The molecule has 2 N–H and O–H groups in total. The normalized spacial score (nSPS) is 26.8. The molecule has 2 aliphatic rings. The highest BCUT2D eigenvalue weighted by Crippen LogP contribution is 2.34. The van der Waals surface area contributed by atoms with Crippen molar-refractivity contribution in [3.8, 4) is 0 Å². The van der Waals surface area contributed by atoms with Gasteiger partial charge in [0.15, 0.2) is 5.82 Å². The first-order valence-corrected chi connectivity index (χ1v) is 6.96. The molecule has 0 amide bonds. The van der Waals surface area contributed by atoms with E-state index in [0.717, 1.165) is 51.2 Å². The number of hydrogen-bond donors (Lipinski definition) is 1. The number of ether oxygens (including phenoxy) is 1. The lowest BCUT2D eigenvalue weighted by Crippen LogP contribution is -2.34. The van der Waals surface area contributed by atoms with Crippen LogP contribution < -0.4 is 5.73 Å². The minimum atomic E-state index is -0.335. The quantitative estimate of drug-likeness (QED) is 0.882. The first-order chi connectivity index (χ1) is 8.76. The van der Waals surface area contributed by atoms with Crippen molar-refractivity contribution in [3.63, 3.8) is 0 Å². The van der Waals surface area contributed by atoms with E-state index in [2.05, 4.69) is 10.1 Å². The van der Waals surface area contributed by atoms with Crippen molar-refractivity contribution in [3.05, 3.63) is 11.7 Å². The van der Waals surface area contributed by atoms with Crippen LogP contribution in [0.15, 0.2) is 4.52 Å². The molecule has 2 fully saturated rings. The lowest BCUT2D eigenvalue weighted by molar-refractivity contribution is 0.183. The summed E-state index contributed by atoms with van der Waals surface area (Å²) < 4.78 is 10.7. The summed E-state index contributed by atoms with van der Waals surface area (Å²) in [7, 11) is 0. The number of aryl methyl sites for hydroxylation is 1. The minimum absolute atomic E-state index is 0.335. The van der Waals surface area contributed by atoms with Crippen molar-refractivity contribution in [2.75, 3.05) is 13.2 Å². The maximum atomic E-state index is 6.31.